The molecule has 0 atom stereocenters. The smallest absolute Gasteiger partial charge is 0.340 e. The molecule has 0 saturated heterocycles. The summed E-state index contributed by atoms with van der Waals surface area (Å²) in [5.41, 5.74) is 2.94. The molecule has 3 aromatic heterocycles. The second-order valence-corrected chi connectivity index (χ2v) is 12.4. The van der Waals surface area contributed by atoms with Crippen LogP contribution < -0.4 is 5.43 Å². The Morgan fingerprint density at radius 2 is 1.59 bits per heavy atom. The average molecular weight is 700 g/mol. The van der Waals surface area contributed by atoms with Gasteiger partial charge in [0.05, 0.1) is 23.0 Å². The van der Waals surface area contributed by atoms with E-state index in [4.69, 9.17) is 0 Å². The van der Waals surface area contributed by atoms with Gasteiger partial charge in [-0.3, -0.25) is 9.59 Å². The fourth-order valence-electron chi connectivity index (χ4n) is 6.08. The Morgan fingerprint density at radius 1 is 0.863 bits per heavy atom. The van der Waals surface area contributed by atoms with Crippen molar-refractivity contribution in [3.8, 4) is 11.1 Å². The zero-order valence-electron chi connectivity index (χ0n) is 27.7. The van der Waals surface area contributed by atoms with Gasteiger partial charge in [-0.2, -0.15) is 13.2 Å². The molecule has 0 unspecified atom stereocenters. The van der Waals surface area contributed by atoms with Crippen molar-refractivity contribution in [3.05, 3.63) is 154 Å². The summed E-state index contributed by atoms with van der Waals surface area (Å²) in [6, 6.07) is 20.8. The minimum Gasteiger partial charge on any atom is -0.340 e. The van der Waals surface area contributed by atoms with Crippen LogP contribution in [0, 0.1) is 11.6 Å². The van der Waals surface area contributed by atoms with Crippen LogP contribution in [0.1, 0.15) is 34.5 Å². The van der Waals surface area contributed by atoms with E-state index in [9.17, 15) is 31.5 Å². The summed E-state index contributed by atoms with van der Waals surface area (Å²) in [6.07, 6.45) is 2.22. The van der Waals surface area contributed by atoms with Crippen LogP contribution in [-0.2, 0) is 50.4 Å². The Morgan fingerprint density at radius 3 is 2.27 bits per heavy atom. The van der Waals surface area contributed by atoms with E-state index in [1.54, 1.807) is 40.1 Å². The molecular formula is C39H34F5N5O2. The van der Waals surface area contributed by atoms with Crippen molar-refractivity contribution in [2.75, 3.05) is 6.54 Å². The number of carbonyl (C=O) groups excluding carboxylic acids is 1. The molecule has 0 aliphatic carbocycles. The molecule has 262 valence electrons. The molecule has 0 aliphatic rings. The van der Waals surface area contributed by atoms with Crippen molar-refractivity contribution in [2.24, 2.45) is 7.05 Å². The highest BCUT2D eigenvalue weighted by atomic mass is 19.4. The molecule has 0 radical (unpaired) electrons. The molecule has 12 heteroatoms. The monoisotopic (exact) mass is 699 g/mol. The van der Waals surface area contributed by atoms with Crippen LogP contribution in [0.2, 0.25) is 0 Å². The predicted octanol–water partition coefficient (Wildman–Crippen LogP) is 7.54. The van der Waals surface area contributed by atoms with Crippen molar-refractivity contribution in [2.45, 2.75) is 44.9 Å². The van der Waals surface area contributed by atoms with Gasteiger partial charge < -0.3 is 14.0 Å². The zero-order chi connectivity index (χ0) is 36.1. The van der Waals surface area contributed by atoms with Gasteiger partial charge >= 0.3 is 6.18 Å². The highest BCUT2D eigenvalue weighted by Gasteiger charge is 2.30. The lowest BCUT2D eigenvalue weighted by atomic mass is 10.0. The number of fused-ring (bicyclic) bond motifs is 1. The number of pyridine rings is 2. The number of hydrogen-bond acceptors (Lipinski definition) is 4. The first-order valence-electron chi connectivity index (χ1n) is 16.4. The second-order valence-electron chi connectivity index (χ2n) is 12.4. The number of imidazole rings is 1. The normalized spacial score (nSPS) is 11.6. The third-order valence-corrected chi connectivity index (χ3v) is 8.77. The number of alkyl halides is 3. The minimum atomic E-state index is -4.42. The molecular weight excluding hydrogens is 665 g/mol. The number of hydrogen-bond donors (Lipinski definition) is 0. The first kappa shape index (κ1) is 35.2. The lowest BCUT2D eigenvalue weighted by molar-refractivity contribution is -0.137. The Bertz CT molecular complexity index is 2210. The van der Waals surface area contributed by atoms with Gasteiger partial charge in [-0.25, -0.2) is 18.7 Å². The van der Waals surface area contributed by atoms with Gasteiger partial charge in [0.25, 0.3) is 0 Å². The summed E-state index contributed by atoms with van der Waals surface area (Å²) in [7, 11) is 1.88. The number of benzene rings is 3. The first-order chi connectivity index (χ1) is 24.5. The highest BCUT2D eigenvalue weighted by Crippen LogP contribution is 2.31. The standard InChI is InChI=1S/C39H34F5N5O2/c1-47-23-31(46-25-47)6-4-20-48(22-26-9-11-27(12-10-26)28-13-16-30(17-14-28)39(42,43)44)36(51)24-49-32(18-15-29-5-2-8-34(40)37(29)41)21-35(50)33-7-3-19-45-38(33)49/h2-3,5,7-14,16-17,19,21,23,25H,4,6,15,18,20,22,24H2,1H3. The SMILES string of the molecule is Cn1cnc(CCCN(Cc2ccc(-c3ccc(C(F)(F)F)cc3)cc2)C(=O)Cn2c(CCc3cccc(F)c3F)cc(=O)c3cccnc32)c1. The fraction of sp³-hybridized carbons (Fsp3) is 0.231. The molecule has 3 heterocycles. The van der Waals surface area contributed by atoms with Gasteiger partial charge in [0, 0.05) is 44.3 Å². The molecule has 0 fully saturated rings. The second kappa shape index (κ2) is 15.1. The summed E-state index contributed by atoms with van der Waals surface area (Å²) >= 11 is 0. The Hall–Kier alpha value is -5.65. The summed E-state index contributed by atoms with van der Waals surface area (Å²) in [5, 5.41) is 0.326. The van der Waals surface area contributed by atoms with E-state index < -0.39 is 23.4 Å². The number of carbonyl (C=O) groups is 1. The Kier molecular flexibility index (Phi) is 10.4. The first-order valence-corrected chi connectivity index (χ1v) is 16.4. The zero-order valence-corrected chi connectivity index (χ0v) is 27.7. The van der Waals surface area contributed by atoms with Crippen molar-refractivity contribution in [1.29, 1.82) is 0 Å². The van der Waals surface area contributed by atoms with Crippen molar-refractivity contribution in [3.63, 3.8) is 0 Å². The van der Waals surface area contributed by atoms with Gasteiger partial charge in [0.1, 0.15) is 12.2 Å². The number of rotatable bonds is 12. The summed E-state index contributed by atoms with van der Waals surface area (Å²) in [4.78, 5) is 37.8. The lowest BCUT2D eigenvalue weighted by Crippen LogP contribution is -2.35. The molecule has 6 aromatic rings. The minimum absolute atomic E-state index is 0.0919. The molecule has 0 aliphatic heterocycles. The van der Waals surface area contributed by atoms with Crippen LogP contribution in [-0.4, -0.2) is 36.5 Å². The van der Waals surface area contributed by atoms with Gasteiger partial charge in [-0.15, -0.1) is 0 Å². The van der Waals surface area contributed by atoms with Crippen LogP contribution in [0.15, 0.2) is 108 Å². The Balaban J connectivity index is 1.26. The fourth-order valence-corrected chi connectivity index (χ4v) is 6.08. The average Bonchev–Trinajstić information content (AvgIpc) is 3.54. The third-order valence-electron chi connectivity index (χ3n) is 8.77. The molecule has 0 spiro atoms. The molecule has 51 heavy (non-hydrogen) atoms. The maximum atomic E-state index is 14.5. The maximum absolute atomic E-state index is 14.5. The van der Waals surface area contributed by atoms with Crippen molar-refractivity contribution < 1.29 is 26.7 Å². The van der Waals surface area contributed by atoms with Crippen molar-refractivity contribution in [1.82, 2.24) is 24.0 Å². The van der Waals surface area contributed by atoms with Crippen LogP contribution in [0.4, 0.5) is 22.0 Å². The largest absolute Gasteiger partial charge is 0.416 e. The quantitative estimate of drug-likeness (QED) is 0.124. The van der Waals surface area contributed by atoms with Crippen LogP contribution in [0.3, 0.4) is 0 Å². The van der Waals surface area contributed by atoms with Crippen LogP contribution in [0.25, 0.3) is 22.2 Å². The molecule has 3 aromatic carbocycles. The molecule has 0 N–H and O–H groups in total. The van der Waals surface area contributed by atoms with Crippen LogP contribution >= 0.6 is 0 Å². The summed E-state index contributed by atoms with van der Waals surface area (Å²) in [5.74, 6) is -2.17. The maximum Gasteiger partial charge on any atom is 0.416 e. The van der Waals surface area contributed by atoms with Gasteiger partial charge in [-0.05, 0) is 78.3 Å². The van der Waals surface area contributed by atoms with Gasteiger partial charge in [0.15, 0.2) is 17.1 Å². The number of nitrogens with zero attached hydrogens (tertiary/aromatic N) is 5. The number of aromatic nitrogens is 4. The molecule has 0 bridgehead atoms. The predicted molar refractivity (Wildman–Crippen MR) is 184 cm³/mol. The van der Waals surface area contributed by atoms with E-state index in [0.717, 1.165) is 35.0 Å². The molecule has 7 nitrogen and oxygen atoms in total. The number of halogens is 5. The van der Waals surface area contributed by atoms with E-state index in [0.29, 0.717) is 41.7 Å². The molecule has 1 amide bonds. The van der Waals surface area contributed by atoms with Gasteiger partial charge in [-0.1, -0.05) is 48.5 Å². The topological polar surface area (TPSA) is 73.0 Å². The van der Waals surface area contributed by atoms with Crippen molar-refractivity contribution >= 4 is 16.9 Å². The van der Waals surface area contributed by atoms with E-state index in [-0.39, 0.29) is 42.8 Å². The summed E-state index contributed by atoms with van der Waals surface area (Å²) < 4.78 is 71.1. The number of aryl methyl sites for hydroxylation is 4. The Labute approximate surface area is 290 Å². The lowest BCUT2D eigenvalue weighted by Gasteiger charge is -2.25. The molecule has 6 rings (SSSR count). The molecule has 0 saturated carbocycles. The van der Waals surface area contributed by atoms with Gasteiger partial charge in [0.2, 0.25) is 5.91 Å². The van der Waals surface area contributed by atoms with E-state index >= 15 is 0 Å². The summed E-state index contributed by atoms with van der Waals surface area (Å²) in [6.45, 7) is 0.456. The van der Waals surface area contributed by atoms with Crippen LogP contribution in [0.5, 0.6) is 0 Å². The van der Waals surface area contributed by atoms with E-state index in [1.807, 2.05) is 29.9 Å². The third kappa shape index (κ3) is 8.39. The number of amides is 1. The van der Waals surface area contributed by atoms with E-state index in [1.165, 1.54) is 36.5 Å². The van der Waals surface area contributed by atoms with E-state index in [2.05, 4.69) is 9.97 Å². The highest BCUT2D eigenvalue weighted by molar-refractivity contribution is 5.80.